The van der Waals surface area contributed by atoms with Gasteiger partial charge in [-0.3, -0.25) is 9.89 Å². The van der Waals surface area contributed by atoms with Gasteiger partial charge in [-0.25, -0.2) is 13.2 Å². The third-order valence-electron chi connectivity index (χ3n) is 4.08. The lowest BCUT2D eigenvalue weighted by Crippen LogP contribution is -2.27. The highest BCUT2D eigenvalue weighted by Crippen LogP contribution is 2.31. The number of carbonyl (C=O) groups excluding carboxylic acids is 1. The zero-order valence-corrected chi connectivity index (χ0v) is 13.8. The summed E-state index contributed by atoms with van der Waals surface area (Å²) in [7, 11) is 0. The number of carbonyl (C=O) groups is 1. The minimum absolute atomic E-state index is 0.0794. The summed E-state index contributed by atoms with van der Waals surface area (Å²) >= 11 is 0. The number of aromatic nitrogens is 2. The Hall–Kier alpha value is -3.09. The lowest BCUT2D eigenvalue weighted by atomic mass is 9.99. The first-order valence-corrected chi connectivity index (χ1v) is 7.94. The molecule has 0 aliphatic heterocycles. The second kappa shape index (κ2) is 7.43. The van der Waals surface area contributed by atoms with E-state index in [9.17, 15) is 18.0 Å². The van der Waals surface area contributed by atoms with Gasteiger partial charge >= 0.3 is 0 Å². The van der Waals surface area contributed by atoms with Crippen LogP contribution in [0, 0.1) is 5.82 Å². The predicted octanol–water partition coefficient (Wildman–Crippen LogP) is 4.64. The van der Waals surface area contributed by atoms with Crippen molar-refractivity contribution in [2.75, 3.05) is 0 Å². The Morgan fingerprint density at radius 2 is 1.92 bits per heavy atom. The second-order valence-electron chi connectivity index (χ2n) is 5.81. The maximum absolute atomic E-state index is 13.8. The molecule has 1 heterocycles. The van der Waals surface area contributed by atoms with Crippen LogP contribution < -0.4 is 5.32 Å². The third kappa shape index (κ3) is 3.61. The maximum atomic E-state index is 13.8. The molecule has 0 aliphatic carbocycles. The molecule has 0 fully saturated rings. The van der Waals surface area contributed by atoms with Crippen LogP contribution >= 0.6 is 0 Å². The quantitative estimate of drug-likeness (QED) is 0.697. The molecule has 26 heavy (non-hydrogen) atoms. The molecule has 0 spiro atoms. The Morgan fingerprint density at radius 1 is 1.15 bits per heavy atom. The van der Waals surface area contributed by atoms with Gasteiger partial charge < -0.3 is 5.32 Å². The van der Waals surface area contributed by atoms with E-state index in [1.807, 2.05) is 0 Å². The highest BCUT2D eigenvalue weighted by atomic mass is 19.3. The number of hydrogen-bond acceptors (Lipinski definition) is 2. The van der Waals surface area contributed by atoms with Gasteiger partial charge in [0.2, 0.25) is 0 Å². The number of benzene rings is 2. The smallest absolute Gasteiger partial charge is 0.264 e. The maximum Gasteiger partial charge on any atom is 0.264 e. The summed E-state index contributed by atoms with van der Waals surface area (Å²) in [5, 5.41) is 8.96. The van der Waals surface area contributed by atoms with Crippen molar-refractivity contribution in [3.8, 4) is 11.1 Å². The molecule has 0 aliphatic rings. The molecule has 1 amide bonds. The lowest BCUT2D eigenvalue weighted by molar-refractivity contribution is 0.0939. The number of alkyl halides is 2. The van der Waals surface area contributed by atoms with Crippen molar-refractivity contribution in [3.63, 3.8) is 0 Å². The molecule has 4 nitrogen and oxygen atoms in total. The molecule has 7 heteroatoms. The first-order valence-electron chi connectivity index (χ1n) is 7.94. The highest BCUT2D eigenvalue weighted by molar-refractivity contribution is 5.95. The summed E-state index contributed by atoms with van der Waals surface area (Å²) in [5.41, 5.74) is 0.942. The fraction of sp³-hybridized carbons (Fsp3) is 0.158. The zero-order valence-electron chi connectivity index (χ0n) is 13.8. The molecule has 134 valence electrons. The Kier molecular flexibility index (Phi) is 5.06. The average Bonchev–Trinajstić information content (AvgIpc) is 3.15. The number of rotatable bonds is 5. The van der Waals surface area contributed by atoms with Gasteiger partial charge in [-0.2, -0.15) is 5.10 Å². The molecular formula is C19H16F3N3O. The van der Waals surface area contributed by atoms with Crippen LogP contribution in [0.1, 0.15) is 40.9 Å². The first kappa shape index (κ1) is 17.7. The van der Waals surface area contributed by atoms with Crippen LogP contribution in [0.15, 0.2) is 54.9 Å². The molecule has 0 saturated heterocycles. The Balaban J connectivity index is 1.86. The molecule has 0 bridgehead atoms. The van der Waals surface area contributed by atoms with Crippen LogP contribution in [-0.2, 0) is 0 Å². The summed E-state index contributed by atoms with van der Waals surface area (Å²) in [6.45, 7) is 1.63. The number of aromatic amines is 1. The highest BCUT2D eigenvalue weighted by Gasteiger charge is 2.19. The topological polar surface area (TPSA) is 57.8 Å². The van der Waals surface area contributed by atoms with Crippen LogP contribution in [-0.4, -0.2) is 16.1 Å². The van der Waals surface area contributed by atoms with E-state index in [0.29, 0.717) is 16.7 Å². The molecule has 1 aromatic heterocycles. The molecule has 1 atom stereocenters. The summed E-state index contributed by atoms with van der Waals surface area (Å²) in [5.74, 6) is -0.995. The number of halogens is 3. The van der Waals surface area contributed by atoms with Crippen LogP contribution in [0.3, 0.4) is 0 Å². The summed E-state index contributed by atoms with van der Waals surface area (Å²) in [4.78, 5) is 12.4. The summed E-state index contributed by atoms with van der Waals surface area (Å²) < 4.78 is 40.7. The standard InChI is InChI=1S/C19H16F3N3O/c1-11(14-4-2-3-5-17(14)20)25-19(26)12-6-7-15(13-9-23-24-10-13)16(8-12)18(21)22/h2-11,18H,1H3,(H,23,24)(H,25,26). The van der Waals surface area contributed by atoms with E-state index in [1.54, 1.807) is 25.1 Å². The number of amides is 1. The van der Waals surface area contributed by atoms with Gasteiger partial charge in [0, 0.05) is 28.5 Å². The van der Waals surface area contributed by atoms with Crippen molar-refractivity contribution in [3.05, 3.63) is 77.4 Å². The van der Waals surface area contributed by atoms with E-state index in [0.717, 1.165) is 6.07 Å². The number of nitrogens with one attached hydrogen (secondary N) is 2. The average molecular weight is 359 g/mol. The van der Waals surface area contributed by atoms with Gasteiger partial charge in [0.25, 0.3) is 12.3 Å². The SMILES string of the molecule is CC(NC(=O)c1ccc(-c2cn[nH]c2)c(C(F)F)c1)c1ccccc1F. The normalized spacial score (nSPS) is 12.2. The van der Waals surface area contributed by atoms with Gasteiger partial charge in [0.05, 0.1) is 12.2 Å². The van der Waals surface area contributed by atoms with E-state index in [1.165, 1.54) is 30.6 Å². The van der Waals surface area contributed by atoms with Gasteiger partial charge in [-0.05, 0) is 30.7 Å². The summed E-state index contributed by atoms with van der Waals surface area (Å²) in [6.07, 6.45) is 0.180. The molecule has 3 rings (SSSR count). The van der Waals surface area contributed by atoms with Gasteiger partial charge in [-0.1, -0.05) is 24.3 Å². The molecule has 0 radical (unpaired) electrons. The monoisotopic (exact) mass is 359 g/mol. The van der Waals surface area contributed by atoms with Crippen molar-refractivity contribution in [1.82, 2.24) is 15.5 Å². The van der Waals surface area contributed by atoms with Crippen molar-refractivity contribution in [2.45, 2.75) is 19.4 Å². The van der Waals surface area contributed by atoms with E-state index in [4.69, 9.17) is 0 Å². The van der Waals surface area contributed by atoms with E-state index < -0.39 is 24.2 Å². The van der Waals surface area contributed by atoms with Crippen LogP contribution in [0.2, 0.25) is 0 Å². The second-order valence-corrected chi connectivity index (χ2v) is 5.81. The fourth-order valence-electron chi connectivity index (χ4n) is 2.73. The Morgan fingerprint density at radius 3 is 2.58 bits per heavy atom. The van der Waals surface area contributed by atoms with Gasteiger partial charge in [-0.15, -0.1) is 0 Å². The lowest BCUT2D eigenvalue weighted by Gasteiger charge is -2.16. The number of hydrogen-bond donors (Lipinski definition) is 2. The van der Waals surface area contributed by atoms with E-state index in [2.05, 4.69) is 15.5 Å². The molecule has 1 unspecified atom stereocenters. The molecular weight excluding hydrogens is 343 g/mol. The van der Waals surface area contributed by atoms with Crippen molar-refractivity contribution in [2.24, 2.45) is 0 Å². The summed E-state index contributed by atoms with van der Waals surface area (Å²) in [6, 6.07) is 9.53. The van der Waals surface area contributed by atoms with Crippen LogP contribution in [0.5, 0.6) is 0 Å². The predicted molar refractivity (Wildman–Crippen MR) is 91.3 cm³/mol. The fourth-order valence-corrected chi connectivity index (χ4v) is 2.73. The minimum Gasteiger partial charge on any atom is -0.345 e. The Bertz CT molecular complexity index is 910. The van der Waals surface area contributed by atoms with E-state index >= 15 is 0 Å². The van der Waals surface area contributed by atoms with E-state index in [-0.39, 0.29) is 11.1 Å². The third-order valence-corrected chi connectivity index (χ3v) is 4.08. The number of nitrogens with zero attached hydrogens (tertiary/aromatic N) is 1. The van der Waals surface area contributed by atoms with Crippen LogP contribution in [0.25, 0.3) is 11.1 Å². The van der Waals surface area contributed by atoms with Crippen molar-refractivity contribution < 1.29 is 18.0 Å². The molecule has 2 aromatic carbocycles. The number of H-pyrrole nitrogens is 1. The van der Waals surface area contributed by atoms with Crippen molar-refractivity contribution >= 4 is 5.91 Å². The molecule has 0 saturated carbocycles. The first-order chi connectivity index (χ1) is 12.5. The molecule has 3 aromatic rings. The zero-order chi connectivity index (χ0) is 18.7. The Labute approximate surface area is 148 Å². The minimum atomic E-state index is -2.75. The van der Waals surface area contributed by atoms with Crippen molar-refractivity contribution in [1.29, 1.82) is 0 Å². The van der Waals surface area contributed by atoms with Gasteiger partial charge in [0.15, 0.2) is 0 Å². The largest absolute Gasteiger partial charge is 0.345 e. The van der Waals surface area contributed by atoms with Gasteiger partial charge in [0.1, 0.15) is 5.82 Å². The van der Waals surface area contributed by atoms with Crippen LogP contribution in [0.4, 0.5) is 13.2 Å². The molecule has 2 N–H and O–H groups in total.